The van der Waals surface area contributed by atoms with Crippen molar-refractivity contribution in [2.45, 2.75) is 0 Å². The lowest BCUT2D eigenvalue weighted by Gasteiger charge is -1.99. The lowest BCUT2D eigenvalue weighted by Crippen LogP contribution is -2.01. The molecule has 0 spiro atoms. The van der Waals surface area contributed by atoms with E-state index in [0.29, 0.717) is 11.1 Å². The minimum absolute atomic E-state index is 0.0169. The summed E-state index contributed by atoms with van der Waals surface area (Å²) in [5.74, 6) is -0.773. The molecule has 2 nitrogen and oxygen atoms in total. The second-order valence-electron chi connectivity index (χ2n) is 3.92. The Morgan fingerprint density at radius 3 is 2.47 bits per heavy atom. The Bertz CT molecular complexity index is 669. The summed E-state index contributed by atoms with van der Waals surface area (Å²) >= 11 is 0. The van der Waals surface area contributed by atoms with Crippen LogP contribution in [-0.2, 0) is 0 Å². The van der Waals surface area contributed by atoms with Crippen LogP contribution in [0.15, 0.2) is 60.2 Å². The van der Waals surface area contributed by atoms with Crippen molar-refractivity contribution in [2.75, 3.05) is 0 Å². The fraction of sp³-hybridized carbons (Fsp3) is 0. The van der Waals surface area contributed by atoms with Gasteiger partial charge in [0.15, 0.2) is 0 Å². The number of halogens is 1. The van der Waals surface area contributed by atoms with Crippen molar-refractivity contribution in [1.29, 1.82) is 5.26 Å². The molecule has 0 unspecified atom stereocenters. The van der Waals surface area contributed by atoms with Gasteiger partial charge in [-0.05, 0) is 23.8 Å². The van der Waals surface area contributed by atoms with Gasteiger partial charge in [-0.15, -0.1) is 0 Å². The SMILES string of the molecule is N#CC(=Cc1cccc(F)c1)C(=O)c1ccccc1. The minimum Gasteiger partial charge on any atom is -0.288 e. The molecule has 19 heavy (non-hydrogen) atoms. The molecule has 0 aliphatic carbocycles. The summed E-state index contributed by atoms with van der Waals surface area (Å²) in [5, 5.41) is 9.06. The highest BCUT2D eigenvalue weighted by molar-refractivity contribution is 6.13. The van der Waals surface area contributed by atoms with Gasteiger partial charge in [0, 0.05) is 5.56 Å². The Hall–Kier alpha value is -2.73. The maximum atomic E-state index is 13.0. The standard InChI is InChI=1S/C16H10FNO/c17-15-8-4-5-12(10-15)9-14(11-18)16(19)13-6-2-1-3-7-13/h1-10H. The van der Waals surface area contributed by atoms with Gasteiger partial charge in [-0.3, -0.25) is 4.79 Å². The second kappa shape index (κ2) is 5.74. The number of hydrogen-bond acceptors (Lipinski definition) is 2. The lowest BCUT2D eigenvalue weighted by atomic mass is 10.0. The Balaban J connectivity index is 2.36. The number of rotatable bonds is 3. The molecule has 0 N–H and O–H groups in total. The normalized spacial score (nSPS) is 10.8. The molecule has 2 aromatic carbocycles. The van der Waals surface area contributed by atoms with Gasteiger partial charge in [0.25, 0.3) is 0 Å². The molecule has 2 aromatic rings. The number of Topliss-reactive ketones (excluding diaryl/α,β-unsaturated/α-hetero) is 1. The van der Waals surface area contributed by atoms with E-state index in [9.17, 15) is 9.18 Å². The van der Waals surface area contributed by atoms with E-state index in [1.807, 2.05) is 6.07 Å². The number of nitrogens with zero attached hydrogens (tertiary/aromatic N) is 1. The van der Waals surface area contributed by atoms with Crippen molar-refractivity contribution in [3.63, 3.8) is 0 Å². The zero-order valence-electron chi connectivity index (χ0n) is 10.0. The largest absolute Gasteiger partial charge is 0.288 e. The fourth-order valence-electron chi connectivity index (χ4n) is 1.66. The Kier molecular flexibility index (Phi) is 3.84. The van der Waals surface area contributed by atoms with Gasteiger partial charge in [0.05, 0.1) is 0 Å². The highest BCUT2D eigenvalue weighted by Gasteiger charge is 2.11. The third kappa shape index (κ3) is 3.14. The zero-order chi connectivity index (χ0) is 13.7. The molecule has 2 rings (SSSR count). The van der Waals surface area contributed by atoms with Gasteiger partial charge < -0.3 is 0 Å². The maximum Gasteiger partial charge on any atom is 0.203 e. The quantitative estimate of drug-likeness (QED) is 0.475. The van der Waals surface area contributed by atoms with Crippen LogP contribution < -0.4 is 0 Å². The maximum absolute atomic E-state index is 13.0. The van der Waals surface area contributed by atoms with Crippen molar-refractivity contribution >= 4 is 11.9 Å². The smallest absolute Gasteiger partial charge is 0.203 e. The van der Waals surface area contributed by atoms with E-state index < -0.39 is 5.82 Å². The predicted molar refractivity (Wildman–Crippen MR) is 70.8 cm³/mol. The van der Waals surface area contributed by atoms with Crippen LogP contribution >= 0.6 is 0 Å². The molecule has 0 aliphatic rings. The van der Waals surface area contributed by atoms with Crippen LogP contribution in [-0.4, -0.2) is 5.78 Å². The Morgan fingerprint density at radius 2 is 1.84 bits per heavy atom. The summed E-state index contributed by atoms with van der Waals surface area (Å²) in [5.41, 5.74) is 0.907. The van der Waals surface area contributed by atoms with E-state index in [1.165, 1.54) is 24.3 Å². The first-order chi connectivity index (χ1) is 9.20. The number of ketones is 1. The first-order valence-electron chi connectivity index (χ1n) is 5.68. The van der Waals surface area contributed by atoms with E-state index in [4.69, 9.17) is 5.26 Å². The first kappa shape index (κ1) is 12.7. The van der Waals surface area contributed by atoms with E-state index in [-0.39, 0.29) is 11.4 Å². The molecule has 3 heteroatoms. The zero-order valence-corrected chi connectivity index (χ0v) is 10.0. The van der Waals surface area contributed by atoms with Crippen LogP contribution in [0.25, 0.3) is 6.08 Å². The monoisotopic (exact) mass is 251 g/mol. The van der Waals surface area contributed by atoms with Crippen LogP contribution in [0.2, 0.25) is 0 Å². The molecule has 0 amide bonds. The summed E-state index contributed by atoms with van der Waals surface area (Å²) in [6, 6.07) is 16.1. The molecule has 0 bridgehead atoms. The molecule has 0 fully saturated rings. The van der Waals surface area contributed by atoms with Gasteiger partial charge in [-0.2, -0.15) is 5.26 Å². The lowest BCUT2D eigenvalue weighted by molar-refractivity contribution is 0.104. The van der Waals surface area contributed by atoms with Crippen LogP contribution in [0.1, 0.15) is 15.9 Å². The van der Waals surface area contributed by atoms with Gasteiger partial charge in [-0.1, -0.05) is 42.5 Å². The minimum atomic E-state index is -0.404. The molecule has 0 radical (unpaired) electrons. The highest BCUT2D eigenvalue weighted by Crippen LogP contribution is 2.13. The van der Waals surface area contributed by atoms with Crippen LogP contribution in [0.5, 0.6) is 0 Å². The highest BCUT2D eigenvalue weighted by atomic mass is 19.1. The van der Waals surface area contributed by atoms with Gasteiger partial charge >= 0.3 is 0 Å². The molecule has 92 valence electrons. The van der Waals surface area contributed by atoms with E-state index >= 15 is 0 Å². The van der Waals surface area contributed by atoms with Gasteiger partial charge in [0.2, 0.25) is 5.78 Å². The average Bonchev–Trinajstić information content (AvgIpc) is 2.45. The molecular formula is C16H10FNO. The molecule has 0 saturated heterocycles. The van der Waals surface area contributed by atoms with Crippen LogP contribution in [0.4, 0.5) is 4.39 Å². The fourth-order valence-corrected chi connectivity index (χ4v) is 1.66. The number of benzene rings is 2. The average molecular weight is 251 g/mol. The topological polar surface area (TPSA) is 40.9 Å². The molecular weight excluding hydrogens is 241 g/mol. The van der Waals surface area contributed by atoms with Crippen molar-refractivity contribution in [2.24, 2.45) is 0 Å². The number of nitriles is 1. The molecule has 0 atom stereocenters. The van der Waals surface area contributed by atoms with E-state index in [1.54, 1.807) is 36.4 Å². The number of allylic oxidation sites excluding steroid dienone is 1. The number of carbonyl (C=O) groups is 1. The Labute approximate surface area is 110 Å². The molecule has 0 aromatic heterocycles. The number of hydrogen-bond donors (Lipinski definition) is 0. The molecule has 0 heterocycles. The molecule has 0 saturated carbocycles. The Morgan fingerprint density at radius 1 is 1.11 bits per heavy atom. The summed E-state index contributed by atoms with van der Waals surface area (Å²) in [6.45, 7) is 0. The van der Waals surface area contributed by atoms with Crippen molar-refractivity contribution < 1.29 is 9.18 Å². The summed E-state index contributed by atoms with van der Waals surface area (Å²) < 4.78 is 13.0. The predicted octanol–water partition coefficient (Wildman–Crippen LogP) is 3.62. The van der Waals surface area contributed by atoms with Crippen molar-refractivity contribution in [3.8, 4) is 6.07 Å². The van der Waals surface area contributed by atoms with Crippen molar-refractivity contribution in [3.05, 3.63) is 77.1 Å². The van der Waals surface area contributed by atoms with Gasteiger partial charge in [0.1, 0.15) is 17.5 Å². The number of carbonyl (C=O) groups excluding carboxylic acids is 1. The van der Waals surface area contributed by atoms with Crippen LogP contribution in [0, 0.1) is 17.1 Å². The first-order valence-corrected chi connectivity index (χ1v) is 5.68. The molecule has 0 aliphatic heterocycles. The third-order valence-electron chi connectivity index (χ3n) is 2.56. The summed E-state index contributed by atoms with van der Waals surface area (Å²) in [4.78, 5) is 12.1. The van der Waals surface area contributed by atoms with Crippen LogP contribution in [0.3, 0.4) is 0 Å². The van der Waals surface area contributed by atoms with E-state index in [0.717, 1.165) is 0 Å². The summed E-state index contributed by atoms with van der Waals surface area (Å²) in [6.07, 6.45) is 1.39. The van der Waals surface area contributed by atoms with E-state index in [2.05, 4.69) is 0 Å². The summed E-state index contributed by atoms with van der Waals surface area (Å²) in [7, 11) is 0. The van der Waals surface area contributed by atoms with Crippen molar-refractivity contribution in [1.82, 2.24) is 0 Å². The third-order valence-corrected chi connectivity index (χ3v) is 2.56. The van der Waals surface area contributed by atoms with Gasteiger partial charge in [-0.25, -0.2) is 4.39 Å². The second-order valence-corrected chi connectivity index (χ2v) is 3.92.